The number of ether oxygens (including phenoxy) is 1. The van der Waals surface area contributed by atoms with Crippen molar-refractivity contribution in [2.75, 3.05) is 6.61 Å². The van der Waals surface area contributed by atoms with Gasteiger partial charge in [0, 0.05) is 6.92 Å². The molecule has 6 heteroatoms. The quantitative estimate of drug-likeness (QED) is 0.763. The minimum Gasteiger partial charge on any atom is -0.464 e. The Morgan fingerprint density at radius 3 is 2.81 bits per heavy atom. The molecule has 1 amide bonds. The monoisotopic (exact) mass is 226 g/mol. The van der Waals surface area contributed by atoms with Gasteiger partial charge in [0.15, 0.2) is 11.6 Å². The summed E-state index contributed by atoms with van der Waals surface area (Å²) in [5, 5.41) is 2.46. The number of nitrogens with zero attached hydrogens (tertiary/aromatic N) is 1. The Balaban J connectivity index is 2.54. The number of hydrogen-bond acceptors (Lipinski definition) is 5. The number of hydrogen-bond donors (Lipinski definition) is 1. The summed E-state index contributed by atoms with van der Waals surface area (Å²) in [5.41, 5.74) is 0.147. The SMILES string of the molecule is CCOC(=O)C(C)NC(=O)c1coc(C)n1. The van der Waals surface area contributed by atoms with Crippen LogP contribution in [0.5, 0.6) is 0 Å². The zero-order chi connectivity index (χ0) is 12.1. The van der Waals surface area contributed by atoms with Crippen molar-refractivity contribution >= 4 is 11.9 Å². The molecule has 1 atom stereocenters. The van der Waals surface area contributed by atoms with E-state index in [1.807, 2.05) is 0 Å². The topological polar surface area (TPSA) is 81.4 Å². The predicted molar refractivity (Wildman–Crippen MR) is 54.8 cm³/mol. The van der Waals surface area contributed by atoms with E-state index in [4.69, 9.17) is 9.15 Å². The lowest BCUT2D eigenvalue weighted by Gasteiger charge is -2.10. The molecule has 6 nitrogen and oxygen atoms in total. The van der Waals surface area contributed by atoms with Crippen LogP contribution in [0.25, 0.3) is 0 Å². The molecular weight excluding hydrogens is 212 g/mol. The van der Waals surface area contributed by atoms with Crippen LogP contribution in [-0.2, 0) is 9.53 Å². The lowest BCUT2D eigenvalue weighted by atomic mass is 10.3. The summed E-state index contributed by atoms with van der Waals surface area (Å²) in [6.07, 6.45) is 1.24. The van der Waals surface area contributed by atoms with Crippen molar-refractivity contribution in [1.29, 1.82) is 0 Å². The first-order chi connectivity index (χ1) is 7.54. The van der Waals surface area contributed by atoms with Gasteiger partial charge in [0.25, 0.3) is 5.91 Å². The number of nitrogens with one attached hydrogen (secondary N) is 1. The van der Waals surface area contributed by atoms with Gasteiger partial charge in [-0.25, -0.2) is 9.78 Å². The molecule has 0 spiro atoms. The molecule has 0 fully saturated rings. The van der Waals surface area contributed by atoms with Crippen molar-refractivity contribution in [3.63, 3.8) is 0 Å². The fourth-order valence-corrected chi connectivity index (χ4v) is 1.06. The smallest absolute Gasteiger partial charge is 0.328 e. The molecule has 0 saturated carbocycles. The van der Waals surface area contributed by atoms with E-state index in [1.165, 1.54) is 6.26 Å². The zero-order valence-corrected chi connectivity index (χ0v) is 9.44. The van der Waals surface area contributed by atoms with Crippen molar-refractivity contribution in [2.45, 2.75) is 26.8 Å². The Morgan fingerprint density at radius 2 is 2.31 bits per heavy atom. The first-order valence-corrected chi connectivity index (χ1v) is 4.94. The Bertz CT molecular complexity index is 386. The summed E-state index contributed by atoms with van der Waals surface area (Å²) in [4.78, 5) is 26.6. The maximum Gasteiger partial charge on any atom is 0.328 e. The average Bonchev–Trinajstić information content (AvgIpc) is 2.65. The average molecular weight is 226 g/mol. The minimum atomic E-state index is -0.704. The molecule has 1 N–H and O–H groups in total. The predicted octanol–water partition coefficient (Wildman–Crippen LogP) is 0.664. The number of oxazole rings is 1. The van der Waals surface area contributed by atoms with Gasteiger partial charge in [0.05, 0.1) is 6.61 Å². The zero-order valence-electron chi connectivity index (χ0n) is 9.44. The second-order valence-corrected chi connectivity index (χ2v) is 3.20. The maximum atomic E-state index is 11.5. The van der Waals surface area contributed by atoms with Crippen molar-refractivity contribution < 1.29 is 18.7 Å². The van der Waals surface area contributed by atoms with Crippen molar-refractivity contribution in [2.24, 2.45) is 0 Å². The standard InChI is InChI=1S/C10H14N2O4/c1-4-15-10(14)6(2)11-9(13)8-5-16-7(3)12-8/h5-6H,4H2,1-3H3,(H,11,13). The van der Waals surface area contributed by atoms with E-state index in [-0.39, 0.29) is 12.3 Å². The molecule has 0 aliphatic rings. The highest BCUT2D eigenvalue weighted by Crippen LogP contribution is 2.00. The van der Waals surface area contributed by atoms with Gasteiger partial charge in [-0.3, -0.25) is 4.79 Å². The highest BCUT2D eigenvalue weighted by molar-refractivity contribution is 5.94. The highest BCUT2D eigenvalue weighted by atomic mass is 16.5. The Morgan fingerprint density at radius 1 is 1.62 bits per heavy atom. The Kier molecular flexibility index (Phi) is 4.04. The van der Waals surface area contributed by atoms with Gasteiger partial charge in [-0.1, -0.05) is 0 Å². The molecule has 1 unspecified atom stereocenters. The fraction of sp³-hybridized carbons (Fsp3) is 0.500. The molecule has 0 aliphatic carbocycles. The molecule has 16 heavy (non-hydrogen) atoms. The van der Waals surface area contributed by atoms with E-state index >= 15 is 0 Å². The third-order valence-electron chi connectivity index (χ3n) is 1.84. The molecule has 1 aromatic rings. The van der Waals surface area contributed by atoms with Crippen LogP contribution in [0.1, 0.15) is 30.2 Å². The maximum absolute atomic E-state index is 11.5. The number of aromatic nitrogens is 1. The van der Waals surface area contributed by atoms with Crippen LogP contribution in [0, 0.1) is 6.92 Å². The summed E-state index contributed by atoms with van der Waals surface area (Å²) in [6, 6.07) is -0.704. The number of esters is 1. The summed E-state index contributed by atoms with van der Waals surface area (Å²) in [5.74, 6) is -0.539. The van der Waals surface area contributed by atoms with E-state index in [0.717, 1.165) is 0 Å². The number of rotatable bonds is 4. The van der Waals surface area contributed by atoms with Gasteiger partial charge in [-0.15, -0.1) is 0 Å². The van der Waals surface area contributed by atoms with Crippen molar-refractivity contribution in [3.8, 4) is 0 Å². The van der Waals surface area contributed by atoms with E-state index in [2.05, 4.69) is 10.3 Å². The first kappa shape index (κ1) is 12.2. The van der Waals surface area contributed by atoms with Crippen molar-refractivity contribution in [1.82, 2.24) is 10.3 Å². The van der Waals surface area contributed by atoms with Crippen LogP contribution >= 0.6 is 0 Å². The van der Waals surface area contributed by atoms with Crippen LogP contribution in [0.3, 0.4) is 0 Å². The summed E-state index contributed by atoms with van der Waals surface area (Å²) < 4.78 is 9.64. The molecule has 0 radical (unpaired) electrons. The second kappa shape index (κ2) is 5.29. The summed E-state index contributed by atoms with van der Waals surface area (Å²) in [6.45, 7) is 5.16. The normalized spacial score (nSPS) is 11.9. The second-order valence-electron chi connectivity index (χ2n) is 3.20. The van der Waals surface area contributed by atoms with Crippen LogP contribution in [0.15, 0.2) is 10.7 Å². The van der Waals surface area contributed by atoms with E-state index < -0.39 is 17.9 Å². The van der Waals surface area contributed by atoms with Crippen LogP contribution in [-0.4, -0.2) is 29.5 Å². The summed E-state index contributed by atoms with van der Waals surface area (Å²) >= 11 is 0. The molecule has 0 aromatic carbocycles. The number of carbonyl (C=O) groups is 2. The molecule has 1 heterocycles. The van der Waals surface area contributed by atoms with Gasteiger partial charge in [0.1, 0.15) is 12.3 Å². The lowest BCUT2D eigenvalue weighted by Crippen LogP contribution is -2.39. The lowest BCUT2D eigenvalue weighted by molar-refractivity contribution is -0.144. The van der Waals surface area contributed by atoms with Gasteiger partial charge in [-0.2, -0.15) is 0 Å². The Hall–Kier alpha value is -1.85. The molecule has 1 rings (SSSR count). The van der Waals surface area contributed by atoms with Crippen LogP contribution in [0.4, 0.5) is 0 Å². The molecule has 0 bridgehead atoms. The van der Waals surface area contributed by atoms with E-state index in [0.29, 0.717) is 5.89 Å². The molecule has 0 saturated heterocycles. The van der Waals surface area contributed by atoms with E-state index in [1.54, 1.807) is 20.8 Å². The van der Waals surface area contributed by atoms with Crippen LogP contribution in [0.2, 0.25) is 0 Å². The summed E-state index contributed by atoms with van der Waals surface area (Å²) in [7, 11) is 0. The highest BCUT2D eigenvalue weighted by Gasteiger charge is 2.19. The fourth-order valence-electron chi connectivity index (χ4n) is 1.06. The number of carbonyl (C=O) groups excluding carboxylic acids is 2. The molecular formula is C10H14N2O4. The van der Waals surface area contributed by atoms with Crippen LogP contribution < -0.4 is 5.32 Å². The third-order valence-corrected chi connectivity index (χ3v) is 1.84. The van der Waals surface area contributed by atoms with Gasteiger partial charge >= 0.3 is 5.97 Å². The minimum absolute atomic E-state index is 0.147. The van der Waals surface area contributed by atoms with Gasteiger partial charge in [-0.05, 0) is 13.8 Å². The number of amides is 1. The molecule has 0 aliphatic heterocycles. The first-order valence-electron chi connectivity index (χ1n) is 4.94. The van der Waals surface area contributed by atoms with E-state index in [9.17, 15) is 9.59 Å². The molecule has 88 valence electrons. The van der Waals surface area contributed by atoms with Gasteiger partial charge in [0.2, 0.25) is 0 Å². The number of aryl methyl sites for hydroxylation is 1. The van der Waals surface area contributed by atoms with Gasteiger partial charge < -0.3 is 14.5 Å². The largest absolute Gasteiger partial charge is 0.464 e. The van der Waals surface area contributed by atoms with Crippen molar-refractivity contribution in [3.05, 3.63) is 17.8 Å². The molecule has 1 aromatic heterocycles. The third kappa shape index (κ3) is 3.08. The Labute approximate surface area is 93.0 Å².